The number of amides is 1. The lowest BCUT2D eigenvalue weighted by Crippen LogP contribution is -2.51. The van der Waals surface area contributed by atoms with Crippen LogP contribution in [0.2, 0.25) is 0 Å². The van der Waals surface area contributed by atoms with Crippen LogP contribution < -0.4 is 0 Å². The van der Waals surface area contributed by atoms with Crippen molar-refractivity contribution in [1.29, 1.82) is 0 Å². The molecular formula is C18H26N2O4. The highest BCUT2D eigenvalue weighted by Gasteiger charge is 2.44. The lowest BCUT2D eigenvalue weighted by atomic mass is 9.89. The first kappa shape index (κ1) is 17.3. The minimum Gasteiger partial charge on any atom is -0.375 e. The Kier molecular flexibility index (Phi) is 5.48. The summed E-state index contributed by atoms with van der Waals surface area (Å²) in [5, 5.41) is 0. The summed E-state index contributed by atoms with van der Waals surface area (Å²) in [5.74, 6) is 0.0357. The zero-order valence-electron chi connectivity index (χ0n) is 14.5. The first-order valence-corrected chi connectivity index (χ1v) is 8.55. The van der Waals surface area contributed by atoms with Crippen LogP contribution in [0.1, 0.15) is 30.7 Å². The highest BCUT2D eigenvalue weighted by atomic mass is 16.6. The monoisotopic (exact) mass is 334 g/mol. The molecule has 2 aliphatic heterocycles. The predicted molar refractivity (Wildman–Crippen MR) is 88.5 cm³/mol. The topological polar surface area (TPSA) is 60.9 Å². The molecule has 0 aromatic carbocycles. The molecule has 132 valence electrons. The van der Waals surface area contributed by atoms with Crippen LogP contribution in [-0.4, -0.2) is 60.9 Å². The summed E-state index contributed by atoms with van der Waals surface area (Å²) in [4.78, 5) is 18.4. The Balaban J connectivity index is 1.53. The first-order valence-electron chi connectivity index (χ1n) is 8.55. The van der Waals surface area contributed by atoms with E-state index in [9.17, 15) is 4.79 Å². The normalized spacial score (nSPS) is 26.9. The largest absolute Gasteiger partial charge is 0.375 e. The number of hydrogen-bond donors (Lipinski definition) is 0. The minimum absolute atomic E-state index is 0.0357. The van der Waals surface area contributed by atoms with Crippen LogP contribution in [0.3, 0.4) is 0 Å². The molecule has 24 heavy (non-hydrogen) atoms. The molecule has 2 fully saturated rings. The third-order valence-electron chi connectivity index (χ3n) is 4.75. The van der Waals surface area contributed by atoms with E-state index < -0.39 is 0 Å². The molecule has 0 bridgehead atoms. The van der Waals surface area contributed by atoms with Gasteiger partial charge in [0.05, 0.1) is 30.6 Å². The third-order valence-corrected chi connectivity index (χ3v) is 4.75. The summed E-state index contributed by atoms with van der Waals surface area (Å²) in [6, 6.07) is 5.95. The van der Waals surface area contributed by atoms with Crippen molar-refractivity contribution < 1.29 is 19.0 Å². The molecule has 1 aromatic rings. The van der Waals surface area contributed by atoms with Crippen molar-refractivity contribution in [2.45, 2.75) is 44.5 Å². The Labute approximate surface area is 143 Å². The second kappa shape index (κ2) is 7.59. The van der Waals surface area contributed by atoms with Crippen LogP contribution in [0.5, 0.6) is 0 Å². The number of likely N-dealkylation sites (tertiary alicyclic amines) is 1. The molecule has 6 nitrogen and oxygen atoms in total. The van der Waals surface area contributed by atoms with Crippen molar-refractivity contribution in [3.8, 4) is 0 Å². The van der Waals surface area contributed by atoms with Gasteiger partial charge in [-0.1, -0.05) is 6.07 Å². The standard InChI is InChI=1S/C18H26N2O4/c1-14-5-3-6-15(19-14)10-23-16-9-18(24-11-16)7-4-8-20(13-18)17(21)12-22-2/h3,5-6,16H,4,7-13H2,1-2H3/t16-,18+/m1/s1. The number of aromatic nitrogens is 1. The van der Waals surface area contributed by atoms with Gasteiger partial charge in [-0.25, -0.2) is 0 Å². The molecule has 2 atom stereocenters. The fourth-order valence-electron chi connectivity index (χ4n) is 3.60. The fraction of sp³-hybridized carbons (Fsp3) is 0.667. The van der Waals surface area contributed by atoms with E-state index >= 15 is 0 Å². The zero-order chi connectivity index (χ0) is 17.0. The third kappa shape index (κ3) is 4.12. The maximum Gasteiger partial charge on any atom is 0.248 e. The number of hydrogen-bond acceptors (Lipinski definition) is 5. The van der Waals surface area contributed by atoms with Gasteiger partial charge in [-0.2, -0.15) is 0 Å². The van der Waals surface area contributed by atoms with E-state index in [4.69, 9.17) is 14.2 Å². The Morgan fingerprint density at radius 2 is 2.38 bits per heavy atom. The van der Waals surface area contributed by atoms with Gasteiger partial charge >= 0.3 is 0 Å². The van der Waals surface area contributed by atoms with Crippen molar-refractivity contribution in [1.82, 2.24) is 9.88 Å². The quantitative estimate of drug-likeness (QED) is 0.820. The van der Waals surface area contributed by atoms with E-state index in [1.54, 1.807) is 7.11 Å². The number of carbonyl (C=O) groups excluding carboxylic acids is 1. The number of aryl methyl sites for hydroxylation is 1. The van der Waals surface area contributed by atoms with Gasteiger partial charge in [0.1, 0.15) is 6.61 Å². The molecule has 6 heteroatoms. The van der Waals surface area contributed by atoms with Gasteiger partial charge in [0.2, 0.25) is 5.91 Å². The van der Waals surface area contributed by atoms with Gasteiger partial charge in [0.15, 0.2) is 0 Å². The molecule has 2 aliphatic rings. The Morgan fingerprint density at radius 1 is 1.50 bits per heavy atom. The smallest absolute Gasteiger partial charge is 0.248 e. The summed E-state index contributed by atoms with van der Waals surface area (Å²) >= 11 is 0. The van der Waals surface area contributed by atoms with Crippen LogP contribution in [0.15, 0.2) is 18.2 Å². The number of methoxy groups -OCH3 is 1. The van der Waals surface area contributed by atoms with Gasteiger partial charge in [0, 0.05) is 32.3 Å². The van der Waals surface area contributed by atoms with Crippen LogP contribution in [0.4, 0.5) is 0 Å². The molecule has 0 saturated carbocycles. The van der Waals surface area contributed by atoms with Crippen molar-refractivity contribution >= 4 is 5.91 Å². The predicted octanol–water partition coefficient (Wildman–Crippen LogP) is 1.70. The average Bonchev–Trinajstić information content (AvgIpc) is 2.96. The molecule has 1 amide bonds. The van der Waals surface area contributed by atoms with Crippen molar-refractivity contribution in [2.24, 2.45) is 0 Å². The summed E-state index contributed by atoms with van der Waals surface area (Å²) in [7, 11) is 1.55. The second-order valence-electron chi connectivity index (χ2n) is 6.75. The van der Waals surface area contributed by atoms with Crippen LogP contribution >= 0.6 is 0 Å². The highest BCUT2D eigenvalue weighted by Crippen LogP contribution is 2.36. The summed E-state index contributed by atoms with van der Waals surface area (Å²) in [6.07, 6.45) is 2.83. The fourth-order valence-corrected chi connectivity index (χ4v) is 3.60. The minimum atomic E-state index is -0.258. The van der Waals surface area contributed by atoms with Crippen LogP contribution in [-0.2, 0) is 25.6 Å². The first-order chi connectivity index (χ1) is 11.6. The van der Waals surface area contributed by atoms with Gasteiger partial charge in [-0.15, -0.1) is 0 Å². The molecule has 0 unspecified atom stereocenters. The molecule has 1 spiro atoms. The van der Waals surface area contributed by atoms with Crippen LogP contribution in [0.25, 0.3) is 0 Å². The average molecular weight is 334 g/mol. The van der Waals surface area contributed by atoms with Crippen molar-refractivity contribution in [2.75, 3.05) is 33.4 Å². The Bertz CT molecular complexity index is 580. The van der Waals surface area contributed by atoms with Crippen LogP contribution in [0, 0.1) is 6.92 Å². The lowest BCUT2D eigenvalue weighted by molar-refractivity contribution is -0.143. The Hall–Kier alpha value is -1.50. The zero-order valence-corrected chi connectivity index (χ0v) is 14.5. The van der Waals surface area contributed by atoms with Gasteiger partial charge < -0.3 is 19.1 Å². The SMILES string of the molecule is COCC(=O)N1CCC[C@]2(C[C@@H](OCc3cccc(C)n3)CO2)C1. The van der Waals surface area contributed by atoms with E-state index in [0.29, 0.717) is 19.8 Å². The number of nitrogens with zero attached hydrogens (tertiary/aromatic N) is 2. The van der Waals surface area contributed by atoms with Crippen molar-refractivity contribution in [3.63, 3.8) is 0 Å². The number of piperidine rings is 1. The summed E-state index contributed by atoms with van der Waals surface area (Å²) in [6.45, 7) is 4.61. The van der Waals surface area contributed by atoms with E-state index in [0.717, 1.165) is 37.2 Å². The van der Waals surface area contributed by atoms with Gasteiger partial charge in [-0.3, -0.25) is 9.78 Å². The number of rotatable bonds is 5. The van der Waals surface area contributed by atoms with Gasteiger partial charge in [-0.05, 0) is 31.9 Å². The molecular weight excluding hydrogens is 308 g/mol. The number of ether oxygens (including phenoxy) is 3. The molecule has 2 saturated heterocycles. The van der Waals surface area contributed by atoms with E-state index in [2.05, 4.69) is 4.98 Å². The van der Waals surface area contributed by atoms with Crippen molar-refractivity contribution in [3.05, 3.63) is 29.6 Å². The lowest BCUT2D eigenvalue weighted by Gasteiger charge is -2.39. The number of pyridine rings is 1. The molecule has 3 heterocycles. The molecule has 3 rings (SSSR count). The highest BCUT2D eigenvalue weighted by molar-refractivity contribution is 5.77. The second-order valence-corrected chi connectivity index (χ2v) is 6.75. The van der Waals surface area contributed by atoms with E-state index in [1.807, 2.05) is 30.0 Å². The van der Waals surface area contributed by atoms with E-state index in [1.165, 1.54) is 0 Å². The molecule has 0 aliphatic carbocycles. The van der Waals surface area contributed by atoms with E-state index in [-0.39, 0.29) is 24.2 Å². The maximum absolute atomic E-state index is 12.1. The summed E-state index contributed by atoms with van der Waals surface area (Å²) < 4.78 is 17.0. The number of carbonyl (C=O) groups is 1. The maximum atomic E-state index is 12.1. The molecule has 0 N–H and O–H groups in total. The molecule has 1 aromatic heterocycles. The Morgan fingerprint density at radius 3 is 3.17 bits per heavy atom. The summed E-state index contributed by atoms with van der Waals surface area (Å²) in [5.41, 5.74) is 1.68. The van der Waals surface area contributed by atoms with Gasteiger partial charge in [0.25, 0.3) is 0 Å². The molecule has 0 radical (unpaired) electrons.